The van der Waals surface area contributed by atoms with Gasteiger partial charge in [0.25, 0.3) is 0 Å². The number of benzene rings is 1. The fraction of sp³-hybridized carbons (Fsp3) is 0.625. The van der Waals surface area contributed by atoms with Crippen LogP contribution in [0.25, 0.3) is 0 Å². The fourth-order valence-electron chi connectivity index (χ4n) is 2.97. The highest BCUT2D eigenvalue weighted by Crippen LogP contribution is 2.37. The molecule has 1 atom stereocenters. The molecule has 0 radical (unpaired) electrons. The monoisotopic (exact) mass is 265 g/mol. The standard InChI is InChI=1S/C16H24FNO/c1-13(10-14-6-2-3-7-15(14)17)18-11-16(12-19)8-4-5-9-16/h2-3,6-7,13,18-19H,4-5,8-12H2,1H3/t13-/m1/s1. The number of halogens is 1. The summed E-state index contributed by atoms with van der Waals surface area (Å²) in [4.78, 5) is 0. The molecule has 0 amide bonds. The number of aliphatic hydroxyl groups excluding tert-OH is 1. The van der Waals surface area contributed by atoms with Gasteiger partial charge in [-0.1, -0.05) is 31.0 Å². The maximum atomic E-state index is 13.6. The average Bonchev–Trinajstić information content (AvgIpc) is 2.89. The summed E-state index contributed by atoms with van der Waals surface area (Å²) in [7, 11) is 0. The van der Waals surface area contributed by atoms with E-state index in [0.717, 1.165) is 24.9 Å². The van der Waals surface area contributed by atoms with Crippen LogP contribution in [0.2, 0.25) is 0 Å². The van der Waals surface area contributed by atoms with Crippen molar-refractivity contribution in [2.24, 2.45) is 5.41 Å². The molecule has 0 aromatic heterocycles. The molecule has 0 spiro atoms. The van der Waals surface area contributed by atoms with E-state index in [9.17, 15) is 9.50 Å². The van der Waals surface area contributed by atoms with E-state index in [-0.39, 0.29) is 23.9 Å². The summed E-state index contributed by atoms with van der Waals surface area (Å²) in [5.74, 6) is -0.131. The molecule has 1 saturated carbocycles. The molecule has 0 saturated heterocycles. The van der Waals surface area contributed by atoms with E-state index < -0.39 is 0 Å². The lowest BCUT2D eigenvalue weighted by Gasteiger charge is -2.28. The second-order valence-corrected chi connectivity index (χ2v) is 5.94. The number of hydrogen-bond acceptors (Lipinski definition) is 2. The highest BCUT2D eigenvalue weighted by Gasteiger charge is 2.33. The first-order valence-electron chi connectivity index (χ1n) is 7.23. The van der Waals surface area contributed by atoms with Crippen LogP contribution in [0.15, 0.2) is 24.3 Å². The Hall–Kier alpha value is -0.930. The van der Waals surface area contributed by atoms with Crippen molar-refractivity contribution in [3.63, 3.8) is 0 Å². The van der Waals surface area contributed by atoms with E-state index in [1.807, 2.05) is 12.1 Å². The molecule has 106 valence electrons. The van der Waals surface area contributed by atoms with Crippen LogP contribution < -0.4 is 5.32 Å². The Morgan fingerprint density at radius 3 is 2.63 bits per heavy atom. The minimum absolute atomic E-state index is 0.0590. The maximum Gasteiger partial charge on any atom is 0.126 e. The lowest BCUT2D eigenvalue weighted by atomic mass is 9.87. The van der Waals surface area contributed by atoms with E-state index in [1.54, 1.807) is 6.07 Å². The van der Waals surface area contributed by atoms with Crippen LogP contribution in [0.3, 0.4) is 0 Å². The van der Waals surface area contributed by atoms with E-state index in [0.29, 0.717) is 6.42 Å². The lowest BCUT2D eigenvalue weighted by molar-refractivity contribution is 0.125. The Kier molecular flexibility index (Phi) is 4.94. The van der Waals surface area contributed by atoms with Crippen LogP contribution in [-0.4, -0.2) is 24.3 Å². The normalized spacial score (nSPS) is 19.5. The van der Waals surface area contributed by atoms with Crippen LogP contribution in [0.4, 0.5) is 4.39 Å². The summed E-state index contributed by atoms with van der Waals surface area (Å²) in [6.07, 6.45) is 5.31. The van der Waals surface area contributed by atoms with Gasteiger partial charge in [-0.15, -0.1) is 0 Å². The third kappa shape index (κ3) is 3.77. The molecule has 1 aliphatic carbocycles. The molecule has 1 aromatic rings. The van der Waals surface area contributed by atoms with Crippen LogP contribution in [0.1, 0.15) is 38.2 Å². The predicted molar refractivity (Wildman–Crippen MR) is 75.6 cm³/mol. The zero-order chi connectivity index (χ0) is 13.7. The molecule has 19 heavy (non-hydrogen) atoms. The van der Waals surface area contributed by atoms with Crippen molar-refractivity contribution < 1.29 is 9.50 Å². The van der Waals surface area contributed by atoms with Crippen molar-refractivity contribution in [1.29, 1.82) is 0 Å². The molecule has 2 N–H and O–H groups in total. The third-order valence-electron chi connectivity index (χ3n) is 4.31. The summed E-state index contributed by atoms with van der Waals surface area (Å²) in [6.45, 7) is 3.16. The van der Waals surface area contributed by atoms with Gasteiger partial charge in [-0.05, 0) is 37.8 Å². The average molecular weight is 265 g/mol. The quantitative estimate of drug-likeness (QED) is 0.829. The predicted octanol–water partition coefficient (Wildman–Crippen LogP) is 2.90. The summed E-state index contributed by atoms with van der Waals surface area (Å²) in [5, 5.41) is 13.0. The second-order valence-electron chi connectivity index (χ2n) is 5.94. The van der Waals surface area contributed by atoms with Crippen molar-refractivity contribution >= 4 is 0 Å². The molecular formula is C16H24FNO. The second kappa shape index (κ2) is 6.49. The molecular weight excluding hydrogens is 241 g/mol. The van der Waals surface area contributed by atoms with Gasteiger partial charge in [-0.2, -0.15) is 0 Å². The molecule has 1 aliphatic rings. The lowest BCUT2D eigenvalue weighted by Crippen LogP contribution is -2.40. The molecule has 0 bridgehead atoms. The summed E-state index contributed by atoms with van der Waals surface area (Å²) in [6, 6.07) is 7.16. The first-order chi connectivity index (χ1) is 9.15. The summed E-state index contributed by atoms with van der Waals surface area (Å²) >= 11 is 0. The fourth-order valence-corrected chi connectivity index (χ4v) is 2.97. The minimum atomic E-state index is -0.131. The van der Waals surface area contributed by atoms with Crippen molar-refractivity contribution in [3.8, 4) is 0 Å². The third-order valence-corrected chi connectivity index (χ3v) is 4.31. The van der Waals surface area contributed by atoms with Gasteiger partial charge in [0.1, 0.15) is 5.82 Å². The SMILES string of the molecule is C[C@H](Cc1ccccc1F)NCC1(CO)CCCC1. The highest BCUT2D eigenvalue weighted by molar-refractivity contribution is 5.18. The summed E-state index contributed by atoms with van der Waals surface area (Å²) in [5.41, 5.74) is 0.815. The van der Waals surface area contributed by atoms with Crippen LogP contribution >= 0.6 is 0 Å². The van der Waals surface area contributed by atoms with Gasteiger partial charge in [0.2, 0.25) is 0 Å². The highest BCUT2D eigenvalue weighted by atomic mass is 19.1. The van der Waals surface area contributed by atoms with E-state index in [4.69, 9.17) is 0 Å². The zero-order valence-electron chi connectivity index (χ0n) is 11.7. The molecule has 3 heteroatoms. The van der Waals surface area contributed by atoms with Crippen LogP contribution in [-0.2, 0) is 6.42 Å². The topological polar surface area (TPSA) is 32.3 Å². The minimum Gasteiger partial charge on any atom is -0.396 e. The zero-order valence-corrected chi connectivity index (χ0v) is 11.7. The molecule has 2 nitrogen and oxygen atoms in total. The number of hydrogen-bond donors (Lipinski definition) is 2. The van der Waals surface area contributed by atoms with E-state index >= 15 is 0 Å². The van der Waals surface area contributed by atoms with E-state index in [2.05, 4.69) is 12.2 Å². The molecule has 0 unspecified atom stereocenters. The van der Waals surface area contributed by atoms with Gasteiger partial charge >= 0.3 is 0 Å². The van der Waals surface area contributed by atoms with Gasteiger partial charge in [0.05, 0.1) is 0 Å². The number of rotatable bonds is 6. The maximum absolute atomic E-state index is 13.6. The largest absolute Gasteiger partial charge is 0.396 e. The van der Waals surface area contributed by atoms with Crippen molar-refractivity contribution in [2.45, 2.75) is 45.1 Å². The Morgan fingerprint density at radius 2 is 2.00 bits per heavy atom. The number of nitrogens with one attached hydrogen (secondary N) is 1. The Balaban J connectivity index is 1.84. The van der Waals surface area contributed by atoms with Crippen molar-refractivity contribution in [3.05, 3.63) is 35.6 Å². The Morgan fingerprint density at radius 1 is 1.32 bits per heavy atom. The van der Waals surface area contributed by atoms with Crippen molar-refractivity contribution in [1.82, 2.24) is 5.32 Å². The molecule has 0 aliphatic heterocycles. The Bertz CT molecular complexity index is 401. The smallest absolute Gasteiger partial charge is 0.126 e. The number of aliphatic hydroxyl groups is 1. The molecule has 0 heterocycles. The van der Waals surface area contributed by atoms with Gasteiger partial charge < -0.3 is 10.4 Å². The first kappa shape index (κ1) is 14.5. The summed E-state index contributed by atoms with van der Waals surface area (Å²) < 4.78 is 13.6. The van der Waals surface area contributed by atoms with Crippen molar-refractivity contribution in [2.75, 3.05) is 13.2 Å². The van der Waals surface area contributed by atoms with Crippen LogP contribution in [0.5, 0.6) is 0 Å². The van der Waals surface area contributed by atoms with E-state index in [1.165, 1.54) is 18.9 Å². The van der Waals surface area contributed by atoms with Crippen LogP contribution in [0, 0.1) is 11.2 Å². The van der Waals surface area contributed by atoms with Gasteiger partial charge in [-0.25, -0.2) is 4.39 Å². The van der Waals surface area contributed by atoms with Gasteiger partial charge in [-0.3, -0.25) is 0 Å². The first-order valence-corrected chi connectivity index (χ1v) is 7.23. The van der Waals surface area contributed by atoms with Gasteiger partial charge in [0.15, 0.2) is 0 Å². The molecule has 1 fully saturated rings. The molecule has 1 aromatic carbocycles. The van der Waals surface area contributed by atoms with Gasteiger partial charge in [0, 0.05) is 24.6 Å². The Labute approximate surface area is 115 Å². The molecule has 2 rings (SSSR count).